The molecule has 6 nitrogen and oxygen atoms in total. The Morgan fingerprint density at radius 2 is 1.96 bits per heavy atom. The molecule has 0 aliphatic carbocycles. The molecule has 1 aromatic carbocycles. The van der Waals surface area contributed by atoms with Gasteiger partial charge in [0.2, 0.25) is 5.91 Å². The molecule has 0 radical (unpaired) electrons. The van der Waals surface area contributed by atoms with Gasteiger partial charge in [-0.2, -0.15) is 0 Å². The third kappa shape index (κ3) is 4.07. The second-order valence-corrected chi connectivity index (χ2v) is 7.08. The fourth-order valence-electron chi connectivity index (χ4n) is 3.24. The van der Waals surface area contributed by atoms with E-state index in [0.29, 0.717) is 12.5 Å². The number of hydrogen-bond acceptors (Lipinski definition) is 5. The van der Waals surface area contributed by atoms with Crippen LogP contribution >= 0.6 is 0 Å². The summed E-state index contributed by atoms with van der Waals surface area (Å²) in [5.41, 5.74) is 2.99. The average molecular weight is 357 g/mol. The zero-order valence-electron chi connectivity index (χ0n) is 16.0. The number of benzene rings is 1. The summed E-state index contributed by atoms with van der Waals surface area (Å²) < 4.78 is 11.1. The maximum Gasteiger partial charge on any atom is 0.219 e. The Balaban J connectivity index is 1.72. The molecule has 1 fully saturated rings. The fraction of sp³-hybridized carbons (Fsp3) is 0.500. The fourth-order valence-corrected chi connectivity index (χ4v) is 3.24. The lowest BCUT2D eigenvalue weighted by atomic mass is 9.99. The zero-order valence-corrected chi connectivity index (χ0v) is 16.0. The number of rotatable bonds is 5. The zero-order chi connectivity index (χ0) is 18.7. The van der Waals surface area contributed by atoms with E-state index in [2.05, 4.69) is 36.0 Å². The molecule has 2 heterocycles. The van der Waals surface area contributed by atoms with Crippen molar-refractivity contribution in [1.82, 2.24) is 15.0 Å². The van der Waals surface area contributed by atoms with Crippen LogP contribution in [0.25, 0.3) is 11.3 Å². The Morgan fingerprint density at radius 3 is 2.58 bits per heavy atom. The molecule has 1 aliphatic heterocycles. The first-order valence-electron chi connectivity index (χ1n) is 9.09. The van der Waals surface area contributed by atoms with E-state index in [-0.39, 0.29) is 5.91 Å². The van der Waals surface area contributed by atoms with E-state index in [9.17, 15) is 4.79 Å². The van der Waals surface area contributed by atoms with Crippen LogP contribution in [0, 0.1) is 0 Å². The van der Waals surface area contributed by atoms with Gasteiger partial charge in [-0.05, 0) is 23.6 Å². The molecular weight excluding hydrogens is 330 g/mol. The molecule has 26 heavy (non-hydrogen) atoms. The standard InChI is InChI=1S/C20H27N3O3/c1-14(2)16-5-6-20(25-4)18(11-16)19-12-17(26-21-19)13-22-7-9-23(10-8-22)15(3)24/h5-6,11-12,14H,7-10,13H2,1-4H3. The number of hydrogen-bond donors (Lipinski definition) is 0. The second-order valence-electron chi connectivity index (χ2n) is 7.08. The van der Waals surface area contributed by atoms with Crippen LogP contribution in [0.5, 0.6) is 5.75 Å². The Kier molecular flexibility index (Phi) is 5.61. The first-order valence-corrected chi connectivity index (χ1v) is 9.09. The number of aromatic nitrogens is 1. The van der Waals surface area contributed by atoms with Gasteiger partial charge in [0.25, 0.3) is 0 Å². The molecule has 0 saturated carbocycles. The summed E-state index contributed by atoms with van der Waals surface area (Å²) in [5, 5.41) is 4.26. The average Bonchev–Trinajstić information content (AvgIpc) is 3.09. The van der Waals surface area contributed by atoms with Crippen molar-refractivity contribution in [3.63, 3.8) is 0 Å². The van der Waals surface area contributed by atoms with Crippen LogP contribution in [-0.2, 0) is 11.3 Å². The normalized spacial score (nSPS) is 15.5. The molecular formula is C20H27N3O3. The summed E-state index contributed by atoms with van der Waals surface area (Å²) in [5.74, 6) is 2.20. The highest BCUT2D eigenvalue weighted by Crippen LogP contribution is 2.32. The second kappa shape index (κ2) is 7.91. The summed E-state index contributed by atoms with van der Waals surface area (Å²) in [6.07, 6.45) is 0. The first kappa shape index (κ1) is 18.5. The lowest BCUT2D eigenvalue weighted by Gasteiger charge is -2.33. The van der Waals surface area contributed by atoms with Gasteiger partial charge >= 0.3 is 0 Å². The number of carbonyl (C=O) groups excluding carboxylic acids is 1. The van der Waals surface area contributed by atoms with Crippen molar-refractivity contribution in [2.75, 3.05) is 33.3 Å². The van der Waals surface area contributed by atoms with Crippen LogP contribution in [-0.4, -0.2) is 54.2 Å². The van der Waals surface area contributed by atoms with Gasteiger partial charge in [0.1, 0.15) is 11.4 Å². The molecule has 140 valence electrons. The summed E-state index contributed by atoms with van der Waals surface area (Å²) >= 11 is 0. The predicted molar refractivity (Wildman–Crippen MR) is 100 cm³/mol. The van der Waals surface area contributed by atoms with Crippen molar-refractivity contribution in [3.05, 3.63) is 35.6 Å². The van der Waals surface area contributed by atoms with Crippen LogP contribution in [0.2, 0.25) is 0 Å². The molecule has 2 aromatic rings. The van der Waals surface area contributed by atoms with Crippen molar-refractivity contribution in [3.8, 4) is 17.0 Å². The molecule has 0 atom stereocenters. The van der Waals surface area contributed by atoms with Gasteiger partial charge in [-0.3, -0.25) is 9.69 Å². The van der Waals surface area contributed by atoms with Crippen LogP contribution < -0.4 is 4.74 Å². The molecule has 0 N–H and O–H groups in total. The first-order chi connectivity index (χ1) is 12.5. The SMILES string of the molecule is COc1ccc(C(C)C)cc1-c1cc(CN2CCN(C(C)=O)CC2)on1. The van der Waals surface area contributed by atoms with Crippen LogP contribution in [0.4, 0.5) is 0 Å². The summed E-state index contributed by atoms with van der Waals surface area (Å²) in [7, 11) is 1.67. The van der Waals surface area contributed by atoms with Gasteiger partial charge in [0.05, 0.1) is 13.7 Å². The number of ether oxygens (including phenoxy) is 1. The number of piperazine rings is 1. The lowest BCUT2D eigenvalue weighted by Crippen LogP contribution is -2.47. The van der Waals surface area contributed by atoms with E-state index in [1.165, 1.54) is 5.56 Å². The molecule has 0 unspecified atom stereocenters. The maximum absolute atomic E-state index is 11.4. The van der Waals surface area contributed by atoms with Crippen molar-refractivity contribution in [2.24, 2.45) is 0 Å². The van der Waals surface area contributed by atoms with Gasteiger partial charge in [0, 0.05) is 44.7 Å². The Bertz CT molecular complexity index is 761. The van der Waals surface area contributed by atoms with Gasteiger partial charge in [-0.15, -0.1) is 0 Å². The quantitative estimate of drug-likeness (QED) is 0.823. The minimum absolute atomic E-state index is 0.142. The summed E-state index contributed by atoms with van der Waals surface area (Å²) in [6, 6.07) is 8.18. The van der Waals surface area contributed by atoms with E-state index >= 15 is 0 Å². The van der Waals surface area contributed by atoms with Crippen molar-refractivity contribution < 1.29 is 14.1 Å². The minimum atomic E-state index is 0.142. The summed E-state index contributed by atoms with van der Waals surface area (Å²) in [4.78, 5) is 15.6. The molecule has 1 saturated heterocycles. The number of carbonyl (C=O) groups is 1. The van der Waals surface area contributed by atoms with Gasteiger partial charge in [-0.25, -0.2) is 0 Å². The highest BCUT2D eigenvalue weighted by atomic mass is 16.5. The monoisotopic (exact) mass is 357 g/mol. The van der Waals surface area contributed by atoms with Gasteiger partial charge in [0.15, 0.2) is 5.76 Å². The molecule has 1 aromatic heterocycles. The third-order valence-electron chi connectivity index (χ3n) is 4.92. The topological polar surface area (TPSA) is 58.8 Å². The minimum Gasteiger partial charge on any atom is -0.496 e. The smallest absolute Gasteiger partial charge is 0.219 e. The molecule has 1 aliphatic rings. The predicted octanol–water partition coefficient (Wildman–Crippen LogP) is 3.14. The van der Waals surface area contributed by atoms with Crippen molar-refractivity contribution in [1.29, 1.82) is 0 Å². The van der Waals surface area contributed by atoms with Crippen molar-refractivity contribution in [2.45, 2.75) is 33.2 Å². The van der Waals surface area contributed by atoms with Crippen LogP contribution in [0.15, 0.2) is 28.8 Å². The summed E-state index contributed by atoms with van der Waals surface area (Å²) in [6.45, 7) is 9.88. The maximum atomic E-state index is 11.4. The number of nitrogens with zero attached hydrogens (tertiary/aromatic N) is 3. The third-order valence-corrected chi connectivity index (χ3v) is 4.92. The number of amides is 1. The van der Waals surface area contributed by atoms with E-state index < -0.39 is 0 Å². The molecule has 6 heteroatoms. The van der Waals surface area contributed by atoms with Crippen LogP contribution in [0.3, 0.4) is 0 Å². The van der Waals surface area contributed by atoms with E-state index in [1.54, 1.807) is 14.0 Å². The Labute approximate surface area is 154 Å². The van der Waals surface area contributed by atoms with Crippen LogP contribution in [0.1, 0.15) is 38.0 Å². The molecule has 0 spiro atoms. The highest BCUT2D eigenvalue weighted by molar-refractivity contribution is 5.73. The highest BCUT2D eigenvalue weighted by Gasteiger charge is 2.20. The van der Waals surface area contributed by atoms with Crippen molar-refractivity contribution >= 4 is 5.91 Å². The van der Waals surface area contributed by atoms with Gasteiger partial charge in [-0.1, -0.05) is 25.1 Å². The van der Waals surface area contributed by atoms with E-state index in [0.717, 1.165) is 48.9 Å². The largest absolute Gasteiger partial charge is 0.496 e. The Morgan fingerprint density at radius 1 is 1.23 bits per heavy atom. The molecule has 3 rings (SSSR count). The van der Waals surface area contributed by atoms with E-state index in [4.69, 9.17) is 9.26 Å². The Hall–Kier alpha value is -2.34. The lowest BCUT2D eigenvalue weighted by molar-refractivity contribution is -0.130. The van der Waals surface area contributed by atoms with E-state index in [1.807, 2.05) is 17.0 Å². The number of methoxy groups -OCH3 is 1. The molecule has 0 bridgehead atoms. The molecule has 1 amide bonds. The van der Waals surface area contributed by atoms with Gasteiger partial charge < -0.3 is 14.2 Å².